The van der Waals surface area contributed by atoms with E-state index in [0.29, 0.717) is 19.8 Å². The molecule has 1 aromatic carbocycles. The first-order valence-corrected chi connectivity index (χ1v) is 9.97. The fourth-order valence-electron chi connectivity index (χ4n) is 3.14. The monoisotopic (exact) mass is 397 g/mol. The Morgan fingerprint density at radius 2 is 1.20 bits per heavy atom. The molecule has 0 spiro atoms. The van der Waals surface area contributed by atoms with E-state index in [-0.39, 0.29) is 0 Å². The van der Waals surface area contributed by atoms with Crippen LogP contribution in [0.4, 0.5) is 0 Å². The molecule has 0 saturated heterocycles. The number of aromatic nitrogens is 3. The first-order chi connectivity index (χ1) is 14.8. The summed E-state index contributed by atoms with van der Waals surface area (Å²) in [6.45, 7) is 3.81. The van der Waals surface area contributed by atoms with Gasteiger partial charge in [-0.2, -0.15) is 0 Å². The van der Waals surface area contributed by atoms with Crippen molar-refractivity contribution < 1.29 is 9.47 Å². The predicted molar refractivity (Wildman–Crippen MR) is 118 cm³/mol. The van der Waals surface area contributed by atoms with Crippen LogP contribution in [0.25, 0.3) is 33.6 Å². The van der Waals surface area contributed by atoms with Crippen molar-refractivity contribution in [3.8, 4) is 39.4 Å². The number of hydrogen-bond acceptors (Lipinski definition) is 5. The molecule has 0 aliphatic carbocycles. The standard InChI is InChI=1S/C25H23N3O2/c1-2-29-15-16-30-23-5-3-19(4-6-23)22-17-24(20-7-11-26-12-8-20)28-25(18-22)21-9-13-27-14-10-21/h3-14,17-18H,2,15-16H2,1H3. The van der Waals surface area contributed by atoms with Crippen LogP contribution in [0.1, 0.15) is 6.92 Å². The van der Waals surface area contributed by atoms with Gasteiger partial charge in [0.2, 0.25) is 0 Å². The number of benzene rings is 1. The minimum Gasteiger partial charge on any atom is -0.491 e. The zero-order valence-electron chi connectivity index (χ0n) is 16.9. The van der Waals surface area contributed by atoms with Gasteiger partial charge in [0, 0.05) is 42.5 Å². The molecular formula is C25H23N3O2. The molecule has 150 valence electrons. The van der Waals surface area contributed by atoms with Gasteiger partial charge in [0.1, 0.15) is 12.4 Å². The Bertz CT molecular complexity index is 1010. The van der Waals surface area contributed by atoms with Crippen molar-refractivity contribution in [1.82, 2.24) is 15.0 Å². The molecule has 0 aliphatic heterocycles. The second-order valence-electron chi connectivity index (χ2n) is 6.67. The third kappa shape index (κ3) is 4.88. The number of nitrogens with zero attached hydrogens (tertiary/aromatic N) is 3. The molecule has 0 fully saturated rings. The molecule has 30 heavy (non-hydrogen) atoms. The van der Waals surface area contributed by atoms with Crippen molar-refractivity contribution in [3.63, 3.8) is 0 Å². The number of ether oxygens (including phenoxy) is 2. The van der Waals surface area contributed by atoms with E-state index in [0.717, 1.165) is 39.4 Å². The molecule has 0 amide bonds. The fourth-order valence-corrected chi connectivity index (χ4v) is 3.14. The molecule has 5 nitrogen and oxygen atoms in total. The SMILES string of the molecule is CCOCCOc1ccc(-c2cc(-c3ccncc3)nc(-c3ccncc3)c2)cc1. The molecule has 0 saturated carbocycles. The van der Waals surface area contributed by atoms with E-state index in [2.05, 4.69) is 34.2 Å². The van der Waals surface area contributed by atoms with E-state index >= 15 is 0 Å². The zero-order chi connectivity index (χ0) is 20.6. The Morgan fingerprint density at radius 1 is 0.633 bits per heavy atom. The molecule has 5 heteroatoms. The maximum absolute atomic E-state index is 5.73. The van der Waals surface area contributed by atoms with Crippen molar-refractivity contribution in [2.45, 2.75) is 6.92 Å². The van der Waals surface area contributed by atoms with Crippen LogP contribution in [-0.4, -0.2) is 34.8 Å². The maximum Gasteiger partial charge on any atom is 0.119 e. The normalized spacial score (nSPS) is 10.7. The molecule has 3 aromatic heterocycles. The van der Waals surface area contributed by atoms with Crippen molar-refractivity contribution in [1.29, 1.82) is 0 Å². The molecule has 0 aliphatic rings. The van der Waals surface area contributed by atoms with Crippen molar-refractivity contribution in [2.75, 3.05) is 19.8 Å². The van der Waals surface area contributed by atoms with Gasteiger partial charge in [-0.25, -0.2) is 4.98 Å². The third-order valence-corrected chi connectivity index (χ3v) is 4.67. The van der Waals surface area contributed by atoms with Crippen LogP contribution in [0.15, 0.2) is 85.5 Å². The first kappa shape index (κ1) is 19.7. The lowest BCUT2D eigenvalue weighted by Gasteiger charge is -2.11. The summed E-state index contributed by atoms with van der Waals surface area (Å²) in [6, 6.07) is 20.2. The first-order valence-electron chi connectivity index (χ1n) is 9.97. The number of pyridine rings is 3. The van der Waals surface area contributed by atoms with E-state index in [9.17, 15) is 0 Å². The van der Waals surface area contributed by atoms with Gasteiger partial charge in [0.25, 0.3) is 0 Å². The van der Waals surface area contributed by atoms with E-state index in [1.807, 2.05) is 43.3 Å². The maximum atomic E-state index is 5.73. The largest absolute Gasteiger partial charge is 0.491 e. The van der Waals surface area contributed by atoms with Crippen LogP contribution in [0.3, 0.4) is 0 Å². The van der Waals surface area contributed by atoms with Gasteiger partial charge in [-0.1, -0.05) is 12.1 Å². The topological polar surface area (TPSA) is 57.1 Å². The van der Waals surface area contributed by atoms with Crippen LogP contribution in [0, 0.1) is 0 Å². The van der Waals surface area contributed by atoms with E-state index in [1.165, 1.54) is 0 Å². The van der Waals surface area contributed by atoms with Crippen LogP contribution >= 0.6 is 0 Å². The molecule has 3 heterocycles. The Balaban J connectivity index is 1.67. The number of rotatable bonds is 8. The molecule has 0 bridgehead atoms. The zero-order valence-corrected chi connectivity index (χ0v) is 16.9. The Hall–Kier alpha value is -3.57. The van der Waals surface area contributed by atoms with Crippen molar-refractivity contribution in [2.24, 2.45) is 0 Å². The summed E-state index contributed by atoms with van der Waals surface area (Å²) >= 11 is 0. The highest BCUT2D eigenvalue weighted by atomic mass is 16.5. The van der Waals surface area contributed by atoms with Gasteiger partial charge in [-0.05, 0) is 66.6 Å². The quantitative estimate of drug-likeness (QED) is 0.378. The van der Waals surface area contributed by atoms with Gasteiger partial charge in [0.15, 0.2) is 0 Å². The molecule has 4 aromatic rings. The average Bonchev–Trinajstić information content (AvgIpc) is 2.83. The fraction of sp³-hybridized carbons (Fsp3) is 0.160. The van der Waals surface area contributed by atoms with Crippen molar-refractivity contribution >= 4 is 0 Å². The predicted octanol–water partition coefficient (Wildman–Crippen LogP) is 5.29. The highest BCUT2D eigenvalue weighted by Crippen LogP contribution is 2.30. The van der Waals surface area contributed by atoms with Gasteiger partial charge in [-0.3, -0.25) is 9.97 Å². The Labute approximate surface area is 176 Å². The third-order valence-electron chi connectivity index (χ3n) is 4.67. The van der Waals surface area contributed by atoms with E-state index in [4.69, 9.17) is 14.5 Å². The molecule has 4 rings (SSSR count). The Kier molecular flexibility index (Phi) is 6.42. The smallest absolute Gasteiger partial charge is 0.119 e. The highest BCUT2D eigenvalue weighted by molar-refractivity contribution is 5.76. The number of hydrogen-bond donors (Lipinski definition) is 0. The summed E-state index contributed by atoms with van der Waals surface area (Å²) in [4.78, 5) is 13.1. The van der Waals surface area contributed by atoms with E-state index < -0.39 is 0 Å². The van der Waals surface area contributed by atoms with Crippen molar-refractivity contribution in [3.05, 3.63) is 85.5 Å². The summed E-state index contributed by atoms with van der Waals surface area (Å²) in [5.74, 6) is 0.830. The molecule has 0 radical (unpaired) electrons. The lowest BCUT2D eigenvalue weighted by atomic mass is 10.0. The summed E-state index contributed by atoms with van der Waals surface area (Å²) in [7, 11) is 0. The Morgan fingerprint density at radius 3 is 1.73 bits per heavy atom. The summed E-state index contributed by atoms with van der Waals surface area (Å²) < 4.78 is 11.1. The van der Waals surface area contributed by atoms with Crippen LogP contribution < -0.4 is 4.74 Å². The molecule has 0 N–H and O–H groups in total. The van der Waals surface area contributed by atoms with Gasteiger partial charge in [-0.15, -0.1) is 0 Å². The molecular weight excluding hydrogens is 374 g/mol. The lowest BCUT2D eigenvalue weighted by Crippen LogP contribution is -2.06. The van der Waals surface area contributed by atoms with E-state index in [1.54, 1.807) is 24.8 Å². The second kappa shape index (κ2) is 9.76. The van der Waals surface area contributed by atoms with Gasteiger partial charge < -0.3 is 9.47 Å². The summed E-state index contributed by atoms with van der Waals surface area (Å²) in [5.41, 5.74) is 6.04. The lowest BCUT2D eigenvalue weighted by molar-refractivity contribution is 0.110. The van der Waals surface area contributed by atoms with Crippen LogP contribution in [0.5, 0.6) is 5.75 Å². The van der Waals surface area contributed by atoms with Gasteiger partial charge in [0.05, 0.1) is 18.0 Å². The summed E-state index contributed by atoms with van der Waals surface area (Å²) in [6.07, 6.45) is 7.13. The van der Waals surface area contributed by atoms with Gasteiger partial charge >= 0.3 is 0 Å². The van der Waals surface area contributed by atoms with Crippen LogP contribution in [0.2, 0.25) is 0 Å². The minimum absolute atomic E-state index is 0.542. The highest BCUT2D eigenvalue weighted by Gasteiger charge is 2.09. The average molecular weight is 397 g/mol. The van der Waals surface area contributed by atoms with Crippen LogP contribution in [-0.2, 0) is 4.74 Å². The molecule has 0 unspecified atom stereocenters. The molecule has 0 atom stereocenters. The minimum atomic E-state index is 0.542. The summed E-state index contributed by atoms with van der Waals surface area (Å²) in [5, 5.41) is 0. The second-order valence-corrected chi connectivity index (χ2v) is 6.67.